The van der Waals surface area contributed by atoms with Crippen LogP contribution in [0.2, 0.25) is 0 Å². The number of hydrogen-bond donors (Lipinski definition) is 1. The predicted octanol–water partition coefficient (Wildman–Crippen LogP) is 2.82. The van der Waals surface area contributed by atoms with Crippen molar-refractivity contribution >= 4 is 11.7 Å². The first-order valence-electron chi connectivity index (χ1n) is 5.73. The van der Waals surface area contributed by atoms with Crippen LogP contribution >= 0.6 is 0 Å². The van der Waals surface area contributed by atoms with E-state index in [0.29, 0.717) is 16.9 Å². The van der Waals surface area contributed by atoms with E-state index >= 15 is 0 Å². The topological polar surface area (TPSA) is 62.1 Å². The first-order valence-corrected chi connectivity index (χ1v) is 5.73. The number of carbonyl (C=O) groups is 1. The zero-order valence-electron chi connectivity index (χ0n) is 10.4. The fraction of sp³-hybridized carbons (Fsp3) is 0.0667. The largest absolute Gasteiger partial charge is 0.423 e. The molecule has 0 fully saturated rings. The SMILES string of the molecule is CNc1ccc(C(=O)Oc2ccc(C#N)cc2)cc1. The molecule has 1 N–H and O–H groups in total. The fourth-order valence-electron chi connectivity index (χ4n) is 1.54. The molecule has 0 saturated carbocycles. The fourth-order valence-corrected chi connectivity index (χ4v) is 1.54. The molecule has 0 saturated heterocycles. The van der Waals surface area contributed by atoms with E-state index in [1.807, 2.05) is 13.1 Å². The Hall–Kier alpha value is -2.80. The van der Waals surface area contributed by atoms with Gasteiger partial charge in [0.1, 0.15) is 5.75 Å². The summed E-state index contributed by atoms with van der Waals surface area (Å²) in [6.07, 6.45) is 0. The molecule has 0 aliphatic rings. The van der Waals surface area contributed by atoms with E-state index in [1.54, 1.807) is 48.5 Å². The van der Waals surface area contributed by atoms with E-state index in [1.165, 1.54) is 0 Å². The minimum Gasteiger partial charge on any atom is -0.423 e. The van der Waals surface area contributed by atoms with Crippen LogP contribution in [0.3, 0.4) is 0 Å². The molecule has 0 amide bonds. The van der Waals surface area contributed by atoms with Gasteiger partial charge in [-0.3, -0.25) is 0 Å². The van der Waals surface area contributed by atoms with Crippen molar-refractivity contribution in [1.82, 2.24) is 0 Å². The zero-order valence-corrected chi connectivity index (χ0v) is 10.4. The molecule has 4 nitrogen and oxygen atoms in total. The van der Waals surface area contributed by atoms with Gasteiger partial charge in [-0.2, -0.15) is 5.26 Å². The molecule has 0 aliphatic carbocycles. The van der Waals surface area contributed by atoms with Crippen LogP contribution in [-0.2, 0) is 0 Å². The van der Waals surface area contributed by atoms with Crippen LogP contribution in [0.15, 0.2) is 48.5 Å². The Labute approximate surface area is 111 Å². The van der Waals surface area contributed by atoms with Gasteiger partial charge in [0.05, 0.1) is 17.2 Å². The Morgan fingerprint density at radius 3 is 2.26 bits per heavy atom. The zero-order chi connectivity index (χ0) is 13.7. The van der Waals surface area contributed by atoms with Crippen LogP contribution in [0.25, 0.3) is 0 Å². The number of hydrogen-bond acceptors (Lipinski definition) is 4. The van der Waals surface area contributed by atoms with Gasteiger partial charge in [-0.05, 0) is 48.5 Å². The number of carbonyl (C=O) groups excluding carboxylic acids is 1. The lowest BCUT2D eigenvalue weighted by Crippen LogP contribution is -2.08. The van der Waals surface area contributed by atoms with Crippen molar-refractivity contribution in [1.29, 1.82) is 5.26 Å². The van der Waals surface area contributed by atoms with E-state index in [0.717, 1.165) is 5.69 Å². The van der Waals surface area contributed by atoms with Crippen molar-refractivity contribution < 1.29 is 9.53 Å². The van der Waals surface area contributed by atoms with Crippen LogP contribution in [0.5, 0.6) is 5.75 Å². The quantitative estimate of drug-likeness (QED) is 0.674. The molecule has 0 spiro atoms. The second kappa shape index (κ2) is 5.69. The highest BCUT2D eigenvalue weighted by atomic mass is 16.5. The number of ether oxygens (including phenoxy) is 1. The third-order valence-electron chi connectivity index (χ3n) is 2.60. The number of nitriles is 1. The second-order valence-electron chi connectivity index (χ2n) is 3.85. The summed E-state index contributed by atoms with van der Waals surface area (Å²) in [5.74, 6) is -0.00551. The maximum Gasteiger partial charge on any atom is 0.343 e. The first-order chi connectivity index (χ1) is 9.22. The van der Waals surface area contributed by atoms with Crippen LogP contribution in [0, 0.1) is 11.3 Å². The summed E-state index contributed by atoms with van der Waals surface area (Å²) in [4.78, 5) is 11.9. The Kier molecular flexibility index (Phi) is 3.79. The lowest BCUT2D eigenvalue weighted by atomic mass is 10.2. The van der Waals surface area contributed by atoms with Crippen molar-refractivity contribution in [3.8, 4) is 11.8 Å². The number of nitrogens with one attached hydrogen (secondary N) is 1. The lowest BCUT2D eigenvalue weighted by molar-refractivity contribution is 0.0735. The lowest BCUT2D eigenvalue weighted by Gasteiger charge is -2.05. The average molecular weight is 252 g/mol. The molecule has 0 bridgehead atoms. The Balaban J connectivity index is 2.09. The van der Waals surface area contributed by atoms with Gasteiger partial charge < -0.3 is 10.1 Å². The smallest absolute Gasteiger partial charge is 0.343 e. The Bertz CT molecular complexity index is 610. The molecule has 0 heterocycles. The van der Waals surface area contributed by atoms with Gasteiger partial charge in [-0.25, -0.2) is 4.79 Å². The van der Waals surface area contributed by atoms with Crippen molar-refractivity contribution in [2.24, 2.45) is 0 Å². The minimum atomic E-state index is -0.424. The van der Waals surface area contributed by atoms with Gasteiger partial charge in [0.2, 0.25) is 0 Å². The third kappa shape index (κ3) is 3.11. The van der Waals surface area contributed by atoms with E-state index in [9.17, 15) is 4.79 Å². The number of benzene rings is 2. The van der Waals surface area contributed by atoms with Gasteiger partial charge in [-0.1, -0.05) is 0 Å². The highest BCUT2D eigenvalue weighted by molar-refractivity contribution is 5.91. The van der Waals surface area contributed by atoms with Crippen molar-refractivity contribution in [2.45, 2.75) is 0 Å². The van der Waals surface area contributed by atoms with Gasteiger partial charge in [0, 0.05) is 12.7 Å². The summed E-state index contributed by atoms with van der Waals surface area (Å²) in [6, 6.07) is 15.4. The maximum atomic E-state index is 11.9. The summed E-state index contributed by atoms with van der Waals surface area (Å²) < 4.78 is 5.20. The molecule has 19 heavy (non-hydrogen) atoms. The van der Waals surface area contributed by atoms with Gasteiger partial charge in [0.15, 0.2) is 0 Å². The number of anilines is 1. The standard InChI is InChI=1S/C15H12N2O2/c1-17-13-6-4-12(5-7-13)15(18)19-14-8-2-11(10-16)3-9-14/h2-9,17H,1H3. The molecule has 0 aromatic heterocycles. The first kappa shape index (κ1) is 12.7. The van der Waals surface area contributed by atoms with E-state index in [-0.39, 0.29) is 0 Å². The van der Waals surface area contributed by atoms with Gasteiger partial charge >= 0.3 is 5.97 Å². The van der Waals surface area contributed by atoms with Gasteiger partial charge in [-0.15, -0.1) is 0 Å². The summed E-state index contributed by atoms with van der Waals surface area (Å²) in [6.45, 7) is 0. The van der Waals surface area contributed by atoms with Crippen molar-refractivity contribution in [3.05, 3.63) is 59.7 Å². The van der Waals surface area contributed by atoms with Crippen LogP contribution in [0.4, 0.5) is 5.69 Å². The third-order valence-corrected chi connectivity index (χ3v) is 2.60. The molecule has 0 unspecified atom stereocenters. The molecule has 4 heteroatoms. The number of rotatable bonds is 3. The van der Waals surface area contributed by atoms with E-state index < -0.39 is 5.97 Å². The summed E-state index contributed by atoms with van der Waals surface area (Å²) in [5, 5.41) is 11.6. The molecule has 2 aromatic rings. The van der Waals surface area contributed by atoms with E-state index in [2.05, 4.69) is 5.32 Å². The van der Waals surface area contributed by atoms with E-state index in [4.69, 9.17) is 10.00 Å². The molecule has 0 aliphatic heterocycles. The maximum absolute atomic E-state index is 11.9. The highest BCUT2D eigenvalue weighted by Crippen LogP contribution is 2.15. The number of nitrogens with zero attached hydrogens (tertiary/aromatic N) is 1. The minimum absolute atomic E-state index is 0.418. The second-order valence-corrected chi connectivity index (χ2v) is 3.85. The molecule has 2 aromatic carbocycles. The van der Waals surface area contributed by atoms with Crippen LogP contribution < -0.4 is 10.1 Å². The molecular weight excluding hydrogens is 240 g/mol. The van der Waals surface area contributed by atoms with Gasteiger partial charge in [0.25, 0.3) is 0 Å². The van der Waals surface area contributed by atoms with Crippen LogP contribution in [-0.4, -0.2) is 13.0 Å². The highest BCUT2D eigenvalue weighted by Gasteiger charge is 2.08. The molecule has 94 valence electrons. The van der Waals surface area contributed by atoms with Crippen molar-refractivity contribution in [3.63, 3.8) is 0 Å². The predicted molar refractivity (Wildman–Crippen MR) is 72.1 cm³/mol. The molecular formula is C15H12N2O2. The van der Waals surface area contributed by atoms with Crippen molar-refractivity contribution in [2.75, 3.05) is 12.4 Å². The number of esters is 1. The molecule has 0 atom stereocenters. The summed E-state index contributed by atoms with van der Waals surface area (Å²) in [5.41, 5.74) is 1.93. The molecule has 0 radical (unpaired) electrons. The molecule has 2 rings (SSSR count). The monoisotopic (exact) mass is 252 g/mol. The normalized spacial score (nSPS) is 9.47. The van der Waals surface area contributed by atoms with Crippen LogP contribution in [0.1, 0.15) is 15.9 Å². The average Bonchev–Trinajstić information content (AvgIpc) is 2.48. The Morgan fingerprint density at radius 1 is 1.11 bits per heavy atom. The summed E-state index contributed by atoms with van der Waals surface area (Å²) >= 11 is 0. The summed E-state index contributed by atoms with van der Waals surface area (Å²) in [7, 11) is 1.81. The Morgan fingerprint density at radius 2 is 1.74 bits per heavy atom.